The monoisotopic (exact) mass is 493 g/mol. The Morgan fingerprint density at radius 1 is 1.12 bits per heavy atom. The molecule has 0 atom stereocenters. The molecule has 0 unspecified atom stereocenters. The highest BCUT2D eigenvalue weighted by Gasteiger charge is 2.25. The van der Waals surface area contributed by atoms with E-state index in [9.17, 15) is 13.0 Å². The quantitative estimate of drug-likeness (QED) is 0.321. The Hall–Kier alpha value is -3.27. The van der Waals surface area contributed by atoms with E-state index in [1.54, 1.807) is 17.5 Å². The van der Waals surface area contributed by atoms with Crippen LogP contribution in [0.2, 0.25) is 0 Å². The highest BCUT2D eigenvalue weighted by molar-refractivity contribution is 7.85. The van der Waals surface area contributed by atoms with Crippen LogP contribution in [0.4, 0.5) is 5.69 Å². The minimum Gasteiger partial charge on any atom is -0.341 e. The molecule has 174 valence electrons. The third kappa shape index (κ3) is 4.29. The molecule has 2 aromatic carbocycles. The lowest BCUT2D eigenvalue weighted by molar-refractivity contribution is -0.668. The highest BCUT2D eigenvalue weighted by Crippen LogP contribution is 2.39. The molecule has 0 aliphatic carbocycles. The highest BCUT2D eigenvalue weighted by atomic mass is 32.2. The third-order valence-corrected chi connectivity index (χ3v) is 7.90. The number of hydrogen-bond acceptors (Lipinski definition) is 5. The van der Waals surface area contributed by atoms with E-state index in [1.807, 2.05) is 55.2 Å². The lowest BCUT2D eigenvalue weighted by Gasteiger charge is -2.29. The Labute approximate surface area is 202 Å². The number of anilines is 1. The summed E-state index contributed by atoms with van der Waals surface area (Å²) >= 11 is 1.66. The molecule has 7 nitrogen and oxygen atoms in total. The fraction of sp³-hybridized carbons (Fsp3) is 0.200. The Morgan fingerprint density at radius 2 is 1.88 bits per heavy atom. The standard InChI is InChI=1S/C25H24N4O3S2/c1-27-14-12-26-25(27)22-16-18(19-8-3-4-9-20(19)28(22)2)17-24-29(13-7-15-34(30,31)32)21-10-5-6-11-23(21)33-24/h3-6,8-12,14,16-17H,7,13,15H2,1-2H3/p+1. The van der Waals surface area contributed by atoms with E-state index < -0.39 is 10.1 Å². The molecule has 34 heavy (non-hydrogen) atoms. The van der Waals surface area contributed by atoms with Crippen LogP contribution in [-0.2, 0) is 23.7 Å². The van der Waals surface area contributed by atoms with Crippen LogP contribution in [0.15, 0.2) is 67.0 Å². The maximum Gasteiger partial charge on any atom is 0.265 e. The van der Waals surface area contributed by atoms with E-state index in [2.05, 4.69) is 44.8 Å². The van der Waals surface area contributed by atoms with Crippen molar-refractivity contribution < 1.29 is 17.5 Å². The van der Waals surface area contributed by atoms with Crippen molar-refractivity contribution in [2.75, 3.05) is 17.7 Å². The van der Waals surface area contributed by atoms with Gasteiger partial charge in [0, 0.05) is 56.3 Å². The lowest BCUT2D eigenvalue weighted by atomic mass is 9.97. The Kier molecular flexibility index (Phi) is 5.85. The van der Waals surface area contributed by atoms with E-state index in [4.69, 9.17) is 0 Å². The predicted molar refractivity (Wildman–Crippen MR) is 137 cm³/mol. The molecular formula is C25H25N4O3S2+. The number of aromatic nitrogens is 3. The van der Waals surface area contributed by atoms with Crippen LogP contribution in [-0.4, -0.2) is 35.3 Å². The zero-order valence-electron chi connectivity index (χ0n) is 18.9. The maximum absolute atomic E-state index is 11.3. The smallest absolute Gasteiger partial charge is 0.265 e. The topological polar surface area (TPSA) is 79.3 Å². The van der Waals surface area contributed by atoms with Crippen molar-refractivity contribution in [2.24, 2.45) is 7.05 Å². The van der Waals surface area contributed by atoms with Gasteiger partial charge in [0.05, 0.1) is 11.4 Å². The summed E-state index contributed by atoms with van der Waals surface area (Å²) < 4.78 is 37.0. The van der Waals surface area contributed by atoms with Crippen LogP contribution < -0.4 is 9.47 Å². The Balaban J connectivity index is 1.65. The van der Waals surface area contributed by atoms with Crippen LogP contribution in [0.3, 0.4) is 0 Å². The number of rotatable bonds is 6. The molecule has 2 aromatic heterocycles. The number of thiazole rings is 1. The predicted octanol–water partition coefficient (Wildman–Crippen LogP) is 4.23. The van der Waals surface area contributed by atoms with Gasteiger partial charge in [0.2, 0.25) is 5.52 Å². The fourth-order valence-corrected chi connectivity index (χ4v) is 5.97. The van der Waals surface area contributed by atoms with Gasteiger partial charge < -0.3 is 9.47 Å². The van der Waals surface area contributed by atoms with Gasteiger partial charge in [-0.3, -0.25) is 4.55 Å². The number of hydrogen-bond donors (Lipinski definition) is 1. The summed E-state index contributed by atoms with van der Waals surface area (Å²) in [7, 11) is 0.0260. The first-order chi connectivity index (χ1) is 16.3. The van der Waals surface area contributed by atoms with E-state index >= 15 is 0 Å². The first kappa shape index (κ1) is 22.5. The number of para-hydroxylation sites is 2. The molecular weight excluding hydrogens is 468 g/mol. The van der Waals surface area contributed by atoms with Gasteiger partial charge in [-0.2, -0.15) is 13.0 Å². The van der Waals surface area contributed by atoms with Gasteiger partial charge in [-0.25, -0.2) is 4.98 Å². The molecule has 5 rings (SSSR count). The van der Waals surface area contributed by atoms with E-state index in [0.29, 0.717) is 13.0 Å². The SMILES string of the molecule is CN1C(c2nccn2C)=C/C(=C\c2sc3ccccc3[n+]2CCCS(=O)(=O)O)c2ccccc21. The van der Waals surface area contributed by atoms with Crippen molar-refractivity contribution in [2.45, 2.75) is 13.0 Å². The molecule has 0 saturated heterocycles. The van der Waals surface area contributed by atoms with Gasteiger partial charge in [0.25, 0.3) is 15.1 Å². The van der Waals surface area contributed by atoms with Crippen LogP contribution in [0.25, 0.3) is 27.6 Å². The van der Waals surface area contributed by atoms with Gasteiger partial charge in [0.1, 0.15) is 4.70 Å². The van der Waals surface area contributed by atoms with Gasteiger partial charge in [-0.05, 0) is 23.8 Å². The second kappa shape index (κ2) is 8.83. The van der Waals surface area contributed by atoms with Crippen LogP contribution >= 0.6 is 11.3 Å². The minimum atomic E-state index is -4.00. The first-order valence-electron chi connectivity index (χ1n) is 10.9. The summed E-state index contributed by atoms with van der Waals surface area (Å²) in [5, 5.41) is 1.02. The first-order valence-corrected chi connectivity index (χ1v) is 13.3. The van der Waals surface area contributed by atoms with Crippen molar-refractivity contribution in [3.63, 3.8) is 0 Å². The number of nitrogens with zero attached hydrogens (tertiary/aromatic N) is 4. The summed E-state index contributed by atoms with van der Waals surface area (Å²) in [6.45, 7) is 0.487. The number of imidazole rings is 1. The second-order valence-corrected chi connectivity index (χ2v) is 10.9. The largest absolute Gasteiger partial charge is 0.341 e. The minimum absolute atomic E-state index is 0.267. The molecule has 1 aliphatic heterocycles. The maximum atomic E-state index is 11.3. The van der Waals surface area contributed by atoms with E-state index in [-0.39, 0.29) is 5.75 Å². The van der Waals surface area contributed by atoms with Gasteiger partial charge in [-0.1, -0.05) is 41.7 Å². The average Bonchev–Trinajstić information content (AvgIpc) is 3.38. The molecule has 0 spiro atoms. The summed E-state index contributed by atoms with van der Waals surface area (Å²) in [6, 6.07) is 16.4. The van der Waals surface area contributed by atoms with Crippen LogP contribution in [0.1, 0.15) is 22.8 Å². The van der Waals surface area contributed by atoms with Crippen molar-refractivity contribution >= 4 is 54.7 Å². The second-order valence-electron chi connectivity index (χ2n) is 8.27. The van der Waals surface area contributed by atoms with E-state index in [0.717, 1.165) is 43.6 Å². The lowest BCUT2D eigenvalue weighted by Crippen LogP contribution is -2.36. The molecule has 0 fully saturated rings. The number of fused-ring (bicyclic) bond motifs is 2. The van der Waals surface area contributed by atoms with Crippen molar-refractivity contribution in [3.05, 3.63) is 83.4 Å². The van der Waals surface area contributed by atoms with Crippen molar-refractivity contribution in [1.82, 2.24) is 9.55 Å². The zero-order chi connectivity index (χ0) is 23.9. The molecule has 0 radical (unpaired) electrons. The molecule has 9 heteroatoms. The van der Waals surface area contributed by atoms with Crippen molar-refractivity contribution in [1.29, 1.82) is 0 Å². The summed E-state index contributed by atoms with van der Waals surface area (Å²) in [5.41, 5.74) is 5.31. The molecule has 1 N–H and O–H groups in total. The molecule has 1 aliphatic rings. The molecule has 3 heterocycles. The fourth-order valence-electron chi connectivity index (χ4n) is 4.34. The summed E-state index contributed by atoms with van der Waals surface area (Å²) in [6.07, 6.45) is 8.37. The summed E-state index contributed by atoms with van der Waals surface area (Å²) in [5.74, 6) is 0.608. The number of benzene rings is 2. The third-order valence-electron chi connectivity index (χ3n) is 5.98. The summed E-state index contributed by atoms with van der Waals surface area (Å²) in [4.78, 5) is 6.72. The number of aryl methyl sites for hydroxylation is 2. The molecule has 0 amide bonds. The van der Waals surface area contributed by atoms with Crippen LogP contribution in [0.5, 0.6) is 0 Å². The zero-order valence-corrected chi connectivity index (χ0v) is 20.6. The van der Waals surface area contributed by atoms with E-state index in [1.165, 1.54) is 0 Å². The molecule has 0 bridgehead atoms. The van der Waals surface area contributed by atoms with Gasteiger partial charge in [-0.15, -0.1) is 0 Å². The van der Waals surface area contributed by atoms with Crippen molar-refractivity contribution in [3.8, 4) is 0 Å². The van der Waals surface area contributed by atoms with Gasteiger partial charge >= 0.3 is 0 Å². The average molecular weight is 494 g/mol. The number of allylic oxidation sites excluding steroid dienone is 2. The molecule has 4 aromatic rings. The van der Waals surface area contributed by atoms with Gasteiger partial charge in [0.15, 0.2) is 12.4 Å². The normalized spacial score (nSPS) is 15.1. The van der Waals surface area contributed by atoms with Crippen LogP contribution in [0, 0.1) is 0 Å². The Bertz CT molecular complexity index is 1550. The molecule has 0 saturated carbocycles. The Morgan fingerprint density at radius 3 is 2.65 bits per heavy atom.